The van der Waals surface area contributed by atoms with Crippen LogP contribution in [0.2, 0.25) is 15.1 Å². The smallest absolute Gasteiger partial charge is 0.352 e. The Kier molecular flexibility index (Phi) is 9.96. The molecular weight excluding hydrogens is 707 g/mol. The van der Waals surface area contributed by atoms with Crippen molar-refractivity contribution >= 4 is 68.5 Å². The molecule has 0 radical (unpaired) electrons. The first-order valence-electron chi connectivity index (χ1n) is 12.7. The molecule has 43 heavy (non-hydrogen) atoms. The second-order valence-corrected chi connectivity index (χ2v) is 12.2. The number of Topliss-reactive ketones (excluding diaryl/α,β-unsaturated/α-hetero) is 1. The molecule has 4 rings (SSSR count). The molecule has 0 bridgehead atoms. The van der Waals surface area contributed by atoms with Crippen LogP contribution >= 0.6 is 50.7 Å². The second kappa shape index (κ2) is 12.8. The Morgan fingerprint density at radius 2 is 1.53 bits per heavy atom. The van der Waals surface area contributed by atoms with Crippen molar-refractivity contribution in [3.05, 3.63) is 108 Å². The van der Waals surface area contributed by atoms with Gasteiger partial charge in [-0.3, -0.25) is 9.59 Å². The number of carbonyl (C=O) groups excluding carboxylic acids is 2. The van der Waals surface area contributed by atoms with Gasteiger partial charge in [0.15, 0.2) is 5.78 Å². The average molecular weight is 728 g/mol. The number of ketones is 1. The lowest BCUT2D eigenvalue weighted by atomic mass is 9.93. The topological polar surface area (TPSA) is 46.2 Å². The van der Waals surface area contributed by atoms with E-state index < -0.39 is 29.2 Å². The standard InChI is InChI=1S/C30H21BrCl3F6NO2/c31-22-11-16(4-8-21(30(38,39)40)18-12-23(32)26(34)24(33)13-18)3-7-20(22)25(42)14-28(9-10-28)27(43)41-15-17-1-5-19(6-2-17)29(35,36)37/h1-8,11-13,21H,9-10,14-15H2,(H,41,43)/b8-4+. The van der Waals surface area contributed by atoms with Crippen molar-refractivity contribution in [1.29, 1.82) is 0 Å². The van der Waals surface area contributed by atoms with Crippen LogP contribution in [0, 0.1) is 5.41 Å². The molecule has 228 valence electrons. The molecule has 1 aliphatic rings. The molecule has 1 fully saturated rings. The van der Waals surface area contributed by atoms with Gasteiger partial charge in [-0.2, -0.15) is 26.3 Å². The number of benzene rings is 3. The van der Waals surface area contributed by atoms with E-state index in [0.717, 1.165) is 30.3 Å². The van der Waals surface area contributed by atoms with Crippen molar-refractivity contribution < 1.29 is 35.9 Å². The summed E-state index contributed by atoms with van der Waals surface area (Å²) >= 11 is 21.0. The van der Waals surface area contributed by atoms with E-state index in [1.165, 1.54) is 36.4 Å². The van der Waals surface area contributed by atoms with Crippen molar-refractivity contribution in [3.63, 3.8) is 0 Å². The molecule has 1 N–H and O–H groups in total. The summed E-state index contributed by atoms with van der Waals surface area (Å²) < 4.78 is 80.2. The molecule has 1 aliphatic carbocycles. The van der Waals surface area contributed by atoms with Gasteiger partial charge in [0.2, 0.25) is 5.91 Å². The lowest BCUT2D eigenvalue weighted by Gasteiger charge is -2.18. The van der Waals surface area contributed by atoms with E-state index in [9.17, 15) is 35.9 Å². The molecule has 1 saturated carbocycles. The van der Waals surface area contributed by atoms with Gasteiger partial charge < -0.3 is 5.32 Å². The molecule has 0 spiro atoms. The lowest BCUT2D eigenvalue weighted by Crippen LogP contribution is -2.33. The highest BCUT2D eigenvalue weighted by Crippen LogP contribution is 2.50. The highest BCUT2D eigenvalue weighted by Gasteiger charge is 2.51. The van der Waals surface area contributed by atoms with E-state index >= 15 is 0 Å². The molecule has 13 heteroatoms. The highest BCUT2D eigenvalue weighted by atomic mass is 79.9. The maximum absolute atomic E-state index is 13.9. The third-order valence-electron chi connectivity index (χ3n) is 7.06. The van der Waals surface area contributed by atoms with E-state index in [-0.39, 0.29) is 50.9 Å². The Morgan fingerprint density at radius 3 is 2.05 bits per heavy atom. The molecule has 3 aromatic carbocycles. The van der Waals surface area contributed by atoms with Gasteiger partial charge in [0.25, 0.3) is 0 Å². The molecule has 1 unspecified atom stereocenters. The summed E-state index contributed by atoms with van der Waals surface area (Å²) in [6.07, 6.45) is -6.09. The number of alkyl halides is 6. The number of halogens is 10. The summed E-state index contributed by atoms with van der Waals surface area (Å²) in [6, 6.07) is 11.0. The van der Waals surface area contributed by atoms with Crippen molar-refractivity contribution in [2.75, 3.05) is 0 Å². The zero-order valence-electron chi connectivity index (χ0n) is 21.9. The number of rotatable bonds is 9. The number of allylic oxidation sites excluding steroid dienone is 1. The molecule has 3 nitrogen and oxygen atoms in total. The summed E-state index contributed by atoms with van der Waals surface area (Å²) in [6.45, 7) is 0.00495. The van der Waals surface area contributed by atoms with Crippen molar-refractivity contribution in [2.24, 2.45) is 5.41 Å². The molecule has 1 amide bonds. The molecular formula is C30H21BrCl3F6NO2. The minimum absolute atomic E-state index is 0.00495. The Labute approximate surface area is 266 Å². The number of hydrogen-bond donors (Lipinski definition) is 1. The Morgan fingerprint density at radius 1 is 0.930 bits per heavy atom. The summed E-state index contributed by atoms with van der Waals surface area (Å²) in [7, 11) is 0. The van der Waals surface area contributed by atoms with Gasteiger partial charge in [-0.05, 0) is 65.9 Å². The van der Waals surface area contributed by atoms with Crippen LogP contribution in [0.15, 0.2) is 65.1 Å². The van der Waals surface area contributed by atoms with Gasteiger partial charge in [0.05, 0.1) is 32.0 Å². The van der Waals surface area contributed by atoms with Gasteiger partial charge in [-0.25, -0.2) is 0 Å². The molecule has 3 aromatic rings. The number of amides is 1. The van der Waals surface area contributed by atoms with Gasteiger partial charge in [-0.1, -0.05) is 81.1 Å². The van der Waals surface area contributed by atoms with Gasteiger partial charge in [0.1, 0.15) is 0 Å². The molecule has 1 atom stereocenters. The summed E-state index contributed by atoms with van der Waals surface area (Å²) in [5, 5.41) is 2.42. The fraction of sp³-hybridized carbons (Fsp3) is 0.267. The number of nitrogens with one attached hydrogen (secondary N) is 1. The van der Waals surface area contributed by atoms with Crippen LogP contribution in [-0.2, 0) is 17.5 Å². The highest BCUT2D eigenvalue weighted by molar-refractivity contribution is 9.10. The first-order valence-corrected chi connectivity index (χ1v) is 14.6. The van der Waals surface area contributed by atoms with Crippen molar-refractivity contribution in [3.8, 4) is 0 Å². The molecule has 0 saturated heterocycles. The summed E-state index contributed by atoms with van der Waals surface area (Å²) in [5.74, 6) is -2.75. The first-order chi connectivity index (χ1) is 20.0. The molecule has 0 heterocycles. The average Bonchev–Trinajstić information content (AvgIpc) is 3.70. The Bertz CT molecular complexity index is 1540. The fourth-order valence-corrected chi connectivity index (χ4v) is 5.68. The van der Waals surface area contributed by atoms with Crippen LogP contribution in [-0.4, -0.2) is 17.9 Å². The van der Waals surface area contributed by atoms with E-state index in [2.05, 4.69) is 21.2 Å². The zero-order chi connectivity index (χ0) is 31.7. The van der Waals surface area contributed by atoms with Crippen molar-refractivity contribution in [2.45, 2.75) is 44.1 Å². The maximum Gasteiger partial charge on any atom is 0.416 e. The quantitative estimate of drug-likeness (QED) is 0.136. The Hall–Kier alpha value is -2.53. The maximum atomic E-state index is 13.9. The van der Waals surface area contributed by atoms with Crippen LogP contribution in [0.5, 0.6) is 0 Å². The van der Waals surface area contributed by atoms with Crippen LogP contribution in [0.1, 0.15) is 57.8 Å². The van der Waals surface area contributed by atoms with E-state index in [1.807, 2.05) is 0 Å². The third kappa shape index (κ3) is 8.15. The number of carbonyl (C=O) groups is 2. The van der Waals surface area contributed by atoms with Crippen LogP contribution in [0.3, 0.4) is 0 Å². The van der Waals surface area contributed by atoms with Gasteiger partial charge in [0, 0.05) is 23.0 Å². The van der Waals surface area contributed by atoms with E-state index in [1.54, 1.807) is 0 Å². The minimum atomic E-state index is -4.66. The number of hydrogen-bond acceptors (Lipinski definition) is 2. The van der Waals surface area contributed by atoms with Crippen LogP contribution in [0.4, 0.5) is 26.3 Å². The lowest BCUT2D eigenvalue weighted by molar-refractivity contribution is -0.139. The second-order valence-electron chi connectivity index (χ2n) is 10.2. The summed E-state index contributed by atoms with van der Waals surface area (Å²) in [5.41, 5.74) is -0.815. The normalized spacial score (nSPS) is 15.4. The SMILES string of the molecule is O=C(CC1(C(=O)NCc2ccc(C(F)(F)F)cc2)CC1)c1ccc(/C=C/C(c2cc(Cl)c(Cl)c(Cl)c2)C(F)(F)F)cc1Br. The van der Waals surface area contributed by atoms with Gasteiger partial charge >= 0.3 is 12.4 Å². The summed E-state index contributed by atoms with van der Waals surface area (Å²) in [4.78, 5) is 26.0. The van der Waals surface area contributed by atoms with Crippen LogP contribution < -0.4 is 5.32 Å². The minimum Gasteiger partial charge on any atom is -0.352 e. The molecule has 0 aromatic heterocycles. The van der Waals surface area contributed by atoms with Crippen LogP contribution in [0.25, 0.3) is 6.08 Å². The zero-order valence-corrected chi connectivity index (χ0v) is 25.7. The fourth-order valence-electron chi connectivity index (χ4n) is 4.45. The largest absolute Gasteiger partial charge is 0.416 e. The Balaban J connectivity index is 1.42. The van der Waals surface area contributed by atoms with Gasteiger partial charge in [-0.15, -0.1) is 0 Å². The predicted molar refractivity (Wildman–Crippen MR) is 157 cm³/mol. The predicted octanol–water partition coefficient (Wildman–Crippen LogP) is 10.5. The monoisotopic (exact) mass is 725 g/mol. The first kappa shape index (κ1) is 33.4. The third-order valence-corrected chi connectivity index (χ3v) is 8.91. The van der Waals surface area contributed by atoms with E-state index in [0.29, 0.717) is 28.4 Å². The van der Waals surface area contributed by atoms with Crippen molar-refractivity contribution in [1.82, 2.24) is 5.32 Å². The molecule has 0 aliphatic heterocycles. The van der Waals surface area contributed by atoms with E-state index in [4.69, 9.17) is 34.8 Å².